The highest BCUT2D eigenvalue weighted by molar-refractivity contribution is 7.31. The van der Waals surface area contributed by atoms with Crippen LogP contribution in [0.15, 0.2) is 6.07 Å². The topological polar surface area (TPSA) is 39.2 Å². The second-order valence-electron chi connectivity index (χ2n) is 2.73. The minimum absolute atomic E-state index is 0.250. The molecule has 0 atom stereocenters. The van der Waals surface area contributed by atoms with Gasteiger partial charge in [0.15, 0.2) is 7.85 Å². The van der Waals surface area contributed by atoms with E-state index in [0.29, 0.717) is 11.5 Å². The Morgan fingerprint density at radius 2 is 2.43 bits per heavy atom. The van der Waals surface area contributed by atoms with Crippen LogP contribution in [0.5, 0.6) is 0 Å². The van der Waals surface area contributed by atoms with Gasteiger partial charge in [0.2, 0.25) is 0 Å². The molecule has 0 aliphatic heterocycles. The second kappa shape index (κ2) is 3.71. The third-order valence-corrected chi connectivity index (χ3v) is 3.73. The Labute approximate surface area is 90.1 Å². The average Bonchev–Trinajstić information content (AvgIpc) is 2.61. The van der Waals surface area contributed by atoms with Crippen LogP contribution in [0.1, 0.15) is 16.6 Å². The number of fused-ring (bicyclic) bond motifs is 1. The Kier molecular flexibility index (Phi) is 2.56. The summed E-state index contributed by atoms with van der Waals surface area (Å²) in [6, 6.07) is 1.85. The minimum atomic E-state index is -0.250. The predicted octanol–water partition coefficient (Wildman–Crippen LogP) is 0.793. The predicted molar refractivity (Wildman–Crippen MR) is 61.6 cm³/mol. The molecule has 2 heterocycles. The van der Waals surface area contributed by atoms with Gasteiger partial charge in [-0.1, -0.05) is 0 Å². The van der Waals surface area contributed by atoms with Gasteiger partial charge in [0.1, 0.15) is 9.71 Å². The highest BCUT2D eigenvalue weighted by Crippen LogP contribution is 2.26. The Morgan fingerprint density at radius 1 is 1.64 bits per heavy atom. The van der Waals surface area contributed by atoms with E-state index in [1.54, 1.807) is 18.3 Å². The Bertz CT molecular complexity index is 445. The highest BCUT2D eigenvalue weighted by Gasteiger charge is 2.13. The van der Waals surface area contributed by atoms with Gasteiger partial charge in [-0.05, 0) is 13.0 Å². The van der Waals surface area contributed by atoms with Gasteiger partial charge in [-0.2, -0.15) is 0 Å². The normalized spacial score (nSPS) is 10.6. The number of carbonyl (C=O) groups excluding carboxylic acids is 1. The molecule has 0 unspecified atom stereocenters. The van der Waals surface area contributed by atoms with Crippen molar-refractivity contribution in [2.75, 3.05) is 6.61 Å². The molecule has 0 spiro atoms. The lowest BCUT2D eigenvalue weighted by Gasteiger charge is -1.95. The number of ether oxygens (including phenoxy) is 1. The molecule has 2 rings (SSSR count). The molecule has 0 radical (unpaired) electrons. The van der Waals surface area contributed by atoms with Gasteiger partial charge in [-0.25, -0.2) is 9.78 Å². The van der Waals surface area contributed by atoms with Crippen molar-refractivity contribution in [3.05, 3.63) is 10.9 Å². The zero-order valence-electron chi connectivity index (χ0n) is 7.86. The first-order chi connectivity index (χ1) is 6.70. The van der Waals surface area contributed by atoms with E-state index in [1.165, 1.54) is 11.3 Å². The van der Waals surface area contributed by atoms with Crippen molar-refractivity contribution in [2.24, 2.45) is 0 Å². The molecule has 0 bridgehead atoms. The first-order valence-electron chi connectivity index (χ1n) is 4.25. The fourth-order valence-electron chi connectivity index (χ4n) is 1.14. The van der Waals surface area contributed by atoms with Gasteiger partial charge in [0.25, 0.3) is 0 Å². The standard InChI is InChI=1S/C8H8BNO2S2/c1-2-12-7(11)5-3-4-6(13-5)10-8(9)14-4/h3H,2,9H2,1H3. The van der Waals surface area contributed by atoms with Crippen molar-refractivity contribution in [3.8, 4) is 0 Å². The summed E-state index contributed by atoms with van der Waals surface area (Å²) in [5.74, 6) is -0.250. The molecule has 2 aromatic heterocycles. The monoisotopic (exact) mass is 225 g/mol. The second-order valence-corrected chi connectivity index (χ2v) is 5.00. The SMILES string of the molecule is Bc1nc2sc(C(=O)OCC)cc2s1. The van der Waals surface area contributed by atoms with Gasteiger partial charge in [0, 0.05) is 4.91 Å². The quantitative estimate of drug-likeness (QED) is 0.560. The van der Waals surface area contributed by atoms with Crippen molar-refractivity contribution in [1.29, 1.82) is 0 Å². The number of hydrogen-bond donors (Lipinski definition) is 0. The summed E-state index contributed by atoms with van der Waals surface area (Å²) in [5.41, 5.74) is 0. The lowest BCUT2D eigenvalue weighted by Crippen LogP contribution is -2.01. The number of thiophene rings is 1. The number of hydrogen-bond acceptors (Lipinski definition) is 5. The van der Waals surface area contributed by atoms with Crippen LogP contribution in [0.2, 0.25) is 0 Å². The van der Waals surface area contributed by atoms with Gasteiger partial charge in [-0.3, -0.25) is 0 Å². The molecule has 3 nitrogen and oxygen atoms in total. The number of aromatic nitrogens is 1. The first-order valence-corrected chi connectivity index (χ1v) is 5.88. The Balaban J connectivity index is 2.36. The number of nitrogens with zero attached hydrogens (tertiary/aromatic N) is 1. The molecule has 0 saturated heterocycles. The molecule has 0 aliphatic rings. The Hall–Kier alpha value is -0.875. The summed E-state index contributed by atoms with van der Waals surface area (Å²) in [6.07, 6.45) is 0. The first kappa shape index (κ1) is 9.67. The van der Waals surface area contributed by atoms with Gasteiger partial charge in [0.05, 0.1) is 11.3 Å². The largest absolute Gasteiger partial charge is 0.462 e. The maximum atomic E-state index is 11.4. The van der Waals surface area contributed by atoms with E-state index in [9.17, 15) is 4.79 Å². The maximum absolute atomic E-state index is 11.4. The molecule has 6 heteroatoms. The fraction of sp³-hybridized carbons (Fsp3) is 0.250. The molecule has 0 aromatic carbocycles. The lowest BCUT2D eigenvalue weighted by atomic mass is 10.2. The molecule has 0 N–H and O–H groups in total. The molecule has 2 aromatic rings. The summed E-state index contributed by atoms with van der Waals surface area (Å²) in [6.45, 7) is 2.22. The highest BCUT2D eigenvalue weighted by atomic mass is 32.1. The van der Waals surface area contributed by atoms with E-state index in [2.05, 4.69) is 4.98 Å². The van der Waals surface area contributed by atoms with Crippen LogP contribution in [0.3, 0.4) is 0 Å². The third kappa shape index (κ3) is 1.67. The zero-order chi connectivity index (χ0) is 10.1. The van der Waals surface area contributed by atoms with Crippen LogP contribution in [0.4, 0.5) is 0 Å². The van der Waals surface area contributed by atoms with Crippen LogP contribution < -0.4 is 4.91 Å². The van der Waals surface area contributed by atoms with Crippen LogP contribution >= 0.6 is 22.7 Å². The molecular formula is C8H8BNO2S2. The van der Waals surface area contributed by atoms with Gasteiger partial charge in [-0.15, -0.1) is 22.7 Å². The van der Waals surface area contributed by atoms with Crippen molar-refractivity contribution in [3.63, 3.8) is 0 Å². The molecule has 0 amide bonds. The zero-order valence-corrected chi connectivity index (χ0v) is 9.50. The van der Waals surface area contributed by atoms with E-state index in [-0.39, 0.29) is 5.97 Å². The summed E-state index contributed by atoms with van der Waals surface area (Å²) in [5, 5.41) is 0. The van der Waals surface area contributed by atoms with Crippen LogP contribution in [0.25, 0.3) is 9.53 Å². The van der Waals surface area contributed by atoms with Crippen LogP contribution in [0, 0.1) is 0 Å². The summed E-state index contributed by atoms with van der Waals surface area (Å²) >= 11 is 2.99. The van der Waals surface area contributed by atoms with E-state index < -0.39 is 0 Å². The molecule has 72 valence electrons. The summed E-state index contributed by atoms with van der Waals surface area (Å²) in [7, 11) is 1.96. The molecule has 0 saturated carbocycles. The lowest BCUT2D eigenvalue weighted by molar-refractivity contribution is 0.0532. The summed E-state index contributed by atoms with van der Waals surface area (Å²) < 4.78 is 5.97. The molecule has 0 aliphatic carbocycles. The van der Waals surface area contributed by atoms with Crippen molar-refractivity contribution >= 4 is 50.9 Å². The number of thiazole rings is 1. The molecule has 14 heavy (non-hydrogen) atoms. The van der Waals surface area contributed by atoms with E-state index >= 15 is 0 Å². The van der Waals surface area contributed by atoms with Crippen molar-refractivity contribution < 1.29 is 9.53 Å². The minimum Gasteiger partial charge on any atom is -0.462 e. The number of rotatable bonds is 2. The average molecular weight is 225 g/mol. The van der Waals surface area contributed by atoms with Crippen LogP contribution in [-0.2, 0) is 4.74 Å². The number of carbonyl (C=O) groups is 1. The smallest absolute Gasteiger partial charge is 0.348 e. The van der Waals surface area contributed by atoms with E-state index in [4.69, 9.17) is 4.74 Å². The fourth-order valence-corrected chi connectivity index (χ4v) is 3.16. The van der Waals surface area contributed by atoms with Crippen molar-refractivity contribution in [1.82, 2.24) is 4.98 Å². The van der Waals surface area contributed by atoms with E-state index in [0.717, 1.165) is 14.4 Å². The maximum Gasteiger partial charge on any atom is 0.348 e. The third-order valence-electron chi connectivity index (χ3n) is 1.67. The van der Waals surface area contributed by atoms with Crippen LogP contribution in [-0.4, -0.2) is 25.4 Å². The summed E-state index contributed by atoms with van der Waals surface area (Å²) in [4.78, 5) is 18.3. The Morgan fingerprint density at radius 3 is 3.07 bits per heavy atom. The van der Waals surface area contributed by atoms with Gasteiger partial charge < -0.3 is 4.74 Å². The van der Waals surface area contributed by atoms with E-state index in [1.807, 2.05) is 13.9 Å². The van der Waals surface area contributed by atoms with Crippen molar-refractivity contribution in [2.45, 2.75) is 6.92 Å². The number of esters is 1. The molecular weight excluding hydrogens is 217 g/mol. The molecule has 0 fully saturated rings. The van der Waals surface area contributed by atoms with Gasteiger partial charge >= 0.3 is 5.97 Å².